The van der Waals surface area contributed by atoms with Gasteiger partial charge in [-0.2, -0.15) is 0 Å². The number of aliphatic carboxylic acids is 1. The lowest BCUT2D eigenvalue weighted by Crippen LogP contribution is -2.29. The van der Waals surface area contributed by atoms with Crippen molar-refractivity contribution < 1.29 is 19.0 Å². The molecule has 0 aliphatic carbocycles. The first kappa shape index (κ1) is 20.2. The number of halogens is 2. The van der Waals surface area contributed by atoms with Crippen molar-refractivity contribution in [1.82, 2.24) is 5.32 Å². The maximum absolute atomic E-state index is 13.2. The van der Waals surface area contributed by atoms with Gasteiger partial charge in [0.25, 0.3) is 0 Å². The fourth-order valence-corrected chi connectivity index (χ4v) is 2.85. The molecule has 0 aromatic heterocycles. The molecule has 0 saturated heterocycles. The van der Waals surface area contributed by atoms with Gasteiger partial charge in [0, 0.05) is 18.7 Å². The van der Waals surface area contributed by atoms with Crippen LogP contribution >= 0.6 is 11.6 Å². The fraction of sp³-hybridized carbons (Fsp3) is 0.350. The van der Waals surface area contributed by atoms with Crippen LogP contribution in [0.15, 0.2) is 42.5 Å². The van der Waals surface area contributed by atoms with Gasteiger partial charge >= 0.3 is 5.97 Å². The highest BCUT2D eigenvalue weighted by atomic mass is 35.5. The van der Waals surface area contributed by atoms with Gasteiger partial charge in [-0.25, -0.2) is 4.39 Å². The van der Waals surface area contributed by atoms with Crippen LogP contribution in [0.5, 0.6) is 11.5 Å². The Morgan fingerprint density at radius 1 is 1.23 bits per heavy atom. The average Bonchev–Trinajstić information content (AvgIpc) is 2.57. The molecular weight excluding hydrogens is 357 g/mol. The van der Waals surface area contributed by atoms with E-state index >= 15 is 0 Å². The molecule has 26 heavy (non-hydrogen) atoms. The molecule has 0 aliphatic rings. The Morgan fingerprint density at radius 3 is 2.62 bits per heavy atom. The van der Waals surface area contributed by atoms with Gasteiger partial charge in [-0.3, -0.25) is 4.79 Å². The number of carboxylic acids is 1. The predicted molar refractivity (Wildman–Crippen MR) is 100 cm³/mol. The van der Waals surface area contributed by atoms with Crippen LogP contribution in [-0.2, 0) is 11.3 Å². The average molecular weight is 380 g/mol. The Balaban J connectivity index is 2.03. The van der Waals surface area contributed by atoms with E-state index in [1.54, 1.807) is 6.07 Å². The number of nitrogens with one attached hydrogen (secondary N) is 1. The lowest BCUT2D eigenvalue weighted by Gasteiger charge is -2.17. The summed E-state index contributed by atoms with van der Waals surface area (Å²) in [6, 6.07) is 11.3. The molecule has 2 N–H and O–H groups in total. The number of carbonyl (C=O) groups is 1. The third-order valence-electron chi connectivity index (χ3n) is 3.90. The van der Waals surface area contributed by atoms with Crippen molar-refractivity contribution in [2.75, 3.05) is 6.54 Å². The molecule has 140 valence electrons. The monoisotopic (exact) mass is 379 g/mol. The highest BCUT2D eigenvalue weighted by Crippen LogP contribution is 2.31. The molecule has 0 fully saturated rings. The quantitative estimate of drug-likeness (QED) is 0.635. The van der Waals surface area contributed by atoms with Gasteiger partial charge in [-0.05, 0) is 36.6 Å². The largest absolute Gasteiger partial charge is 0.481 e. The molecule has 6 heteroatoms. The molecule has 2 rings (SSSR count). The summed E-state index contributed by atoms with van der Waals surface area (Å²) in [5.74, 6) is -0.396. The normalized spacial score (nSPS) is 12.2. The van der Waals surface area contributed by atoms with Crippen LogP contribution in [0.1, 0.15) is 25.8 Å². The van der Waals surface area contributed by atoms with Crippen LogP contribution in [0.3, 0.4) is 0 Å². The van der Waals surface area contributed by atoms with Gasteiger partial charge in [-0.1, -0.05) is 43.6 Å². The van der Waals surface area contributed by atoms with Gasteiger partial charge in [-0.15, -0.1) is 0 Å². The zero-order valence-electron chi connectivity index (χ0n) is 14.8. The van der Waals surface area contributed by atoms with Crippen LogP contribution in [0.2, 0.25) is 5.02 Å². The van der Waals surface area contributed by atoms with E-state index in [9.17, 15) is 14.3 Å². The number of hydrogen-bond acceptors (Lipinski definition) is 3. The van der Waals surface area contributed by atoms with Crippen molar-refractivity contribution in [3.63, 3.8) is 0 Å². The number of rotatable bonds is 9. The van der Waals surface area contributed by atoms with E-state index in [4.69, 9.17) is 16.3 Å². The van der Waals surface area contributed by atoms with E-state index in [0.29, 0.717) is 36.9 Å². The van der Waals surface area contributed by atoms with E-state index in [-0.39, 0.29) is 5.02 Å². The highest BCUT2D eigenvalue weighted by Gasteiger charge is 2.18. The molecule has 0 amide bonds. The Labute approximate surface area is 157 Å². The second-order valence-electron chi connectivity index (χ2n) is 6.58. The smallest absolute Gasteiger partial charge is 0.307 e. The lowest BCUT2D eigenvalue weighted by molar-refractivity contribution is -0.142. The van der Waals surface area contributed by atoms with Gasteiger partial charge < -0.3 is 15.2 Å². The molecule has 4 nitrogen and oxygen atoms in total. The van der Waals surface area contributed by atoms with Crippen LogP contribution in [0.25, 0.3) is 0 Å². The van der Waals surface area contributed by atoms with Crippen molar-refractivity contribution in [3.8, 4) is 11.5 Å². The molecule has 0 heterocycles. The van der Waals surface area contributed by atoms with Crippen LogP contribution in [0, 0.1) is 17.7 Å². The van der Waals surface area contributed by atoms with Crippen molar-refractivity contribution in [1.29, 1.82) is 0 Å². The van der Waals surface area contributed by atoms with E-state index < -0.39 is 17.7 Å². The summed E-state index contributed by atoms with van der Waals surface area (Å²) in [5, 5.41) is 12.7. The molecule has 0 bridgehead atoms. The molecule has 0 radical (unpaired) electrons. The first-order valence-electron chi connectivity index (χ1n) is 8.51. The SMILES string of the molecule is CC(C)CC(CNCc1ccccc1Oc1ccc(F)cc1Cl)C(=O)O. The van der Waals surface area contributed by atoms with Gasteiger partial charge in [0.2, 0.25) is 0 Å². The summed E-state index contributed by atoms with van der Waals surface area (Å²) >= 11 is 6.02. The molecule has 2 aromatic carbocycles. The Bertz CT molecular complexity index is 752. The minimum Gasteiger partial charge on any atom is -0.481 e. The number of ether oxygens (including phenoxy) is 1. The van der Waals surface area contributed by atoms with E-state index in [1.807, 2.05) is 32.0 Å². The summed E-state index contributed by atoms with van der Waals surface area (Å²) in [6.45, 7) is 4.84. The summed E-state index contributed by atoms with van der Waals surface area (Å²) in [6.07, 6.45) is 0.617. The molecular formula is C20H23ClFNO3. The molecule has 0 spiro atoms. The van der Waals surface area contributed by atoms with Gasteiger partial charge in [0.1, 0.15) is 17.3 Å². The Morgan fingerprint density at radius 2 is 1.96 bits per heavy atom. The summed E-state index contributed by atoms with van der Waals surface area (Å²) in [5.41, 5.74) is 0.863. The van der Waals surface area contributed by atoms with E-state index in [0.717, 1.165) is 5.56 Å². The van der Waals surface area contributed by atoms with E-state index in [1.165, 1.54) is 18.2 Å². The molecule has 2 aromatic rings. The standard InChI is InChI=1S/C20H23ClFNO3/c1-13(2)9-15(20(24)25)12-23-11-14-5-3-4-6-18(14)26-19-8-7-16(22)10-17(19)21/h3-8,10,13,15,23H,9,11-12H2,1-2H3,(H,24,25). The Hall–Kier alpha value is -2.11. The zero-order chi connectivity index (χ0) is 19.1. The minimum absolute atomic E-state index is 0.190. The van der Waals surface area contributed by atoms with Gasteiger partial charge in [0.05, 0.1) is 10.9 Å². The maximum Gasteiger partial charge on any atom is 0.307 e. The van der Waals surface area contributed by atoms with E-state index in [2.05, 4.69) is 5.32 Å². The number of benzene rings is 2. The van der Waals surface area contributed by atoms with Crippen LogP contribution < -0.4 is 10.1 Å². The molecule has 1 unspecified atom stereocenters. The first-order valence-corrected chi connectivity index (χ1v) is 8.89. The maximum atomic E-state index is 13.2. The molecule has 0 aliphatic heterocycles. The van der Waals surface area contributed by atoms with Crippen LogP contribution in [0.4, 0.5) is 4.39 Å². The second kappa shape index (κ2) is 9.55. The van der Waals surface area contributed by atoms with Crippen molar-refractivity contribution >= 4 is 17.6 Å². The first-order chi connectivity index (χ1) is 12.4. The lowest BCUT2D eigenvalue weighted by atomic mass is 9.97. The molecule has 0 saturated carbocycles. The minimum atomic E-state index is -0.797. The topological polar surface area (TPSA) is 58.6 Å². The fourth-order valence-electron chi connectivity index (χ4n) is 2.65. The summed E-state index contributed by atoms with van der Waals surface area (Å²) in [4.78, 5) is 11.3. The number of para-hydroxylation sites is 1. The second-order valence-corrected chi connectivity index (χ2v) is 6.99. The number of carboxylic acid groups (broad SMARTS) is 1. The predicted octanol–water partition coefficient (Wildman–Crippen LogP) is 5.11. The summed E-state index contributed by atoms with van der Waals surface area (Å²) in [7, 11) is 0. The number of hydrogen-bond donors (Lipinski definition) is 2. The van der Waals surface area contributed by atoms with Crippen molar-refractivity contribution in [2.45, 2.75) is 26.8 Å². The van der Waals surface area contributed by atoms with Crippen molar-refractivity contribution in [2.24, 2.45) is 11.8 Å². The van der Waals surface area contributed by atoms with Gasteiger partial charge in [0.15, 0.2) is 0 Å². The Kier molecular flexibility index (Phi) is 7.42. The third-order valence-corrected chi connectivity index (χ3v) is 4.19. The highest BCUT2D eigenvalue weighted by molar-refractivity contribution is 6.32. The zero-order valence-corrected chi connectivity index (χ0v) is 15.6. The van der Waals surface area contributed by atoms with Crippen LogP contribution in [-0.4, -0.2) is 17.6 Å². The molecule has 1 atom stereocenters. The van der Waals surface area contributed by atoms with Crippen molar-refractivity contribution in [3.05, 3.63) is 58.9 Å². The third kappa shape index (κ3) is 6.00. The summed E-state index contributed by atoms with van der Waals surface area (Å²) < 4.78 is 19.0.